The van der Waals surface area contributed by atoms with Gasteiger partial charge < -0.3 is 19.7 Å². The molecule has 5 rings (SSSR count). The SMILES string of the molecule is COc1cccc(C(=O)N2[C@H](C(=O)NCc3ccccn3)COC23CCN(C(=O)C2CC2)CC3)c1. The fraction of sp³-hybridized carbons (Fsp3) is 0.462. The summed E-state index contributed by atoms with van der Waals surface area (Å²) in [6, 6.07) is 11.6. The number of pyridine rings is 1. The Kier molecular flexibility index (Phi) is 6.42. The zero-order valence-corrected chi connectivity index (χ0v) is 19.8. The molecule has 3 amide bonds. The number of benzene rings is 1. The van der Waals surface area contributed by atoms with Gasteiger partial charge in [0.1, 0.15) is 17.5 Å². The number of ether oxygens (including phenoxy) is 2. The maximum atomic E-state index is 13.8. The molecule has 1 aromatic heterocycles. The van der Waals surface area contributed by atoms with Crippen LogP contribution in [0, 0.1) is 5.92 Å². The van der Waals surface area contributed by atoms with Gasteiger partial charge in [-0.1, -0.05) is 12.1 Å². The van der Waals surface area contributed by atoms with Gasteiger partial charge >= 0.3 is 0 Å². The van der Waals surface area contributed by atoms with Crippen molar-refractivity contribution in [2.75, 3.05) is 26.8 Å². The average molecular weight is 479 g/mol. The molecule has 9 nitrogen and oxygen atoms in total. The lowest BCUT2D eigenvalue weighted by molar-refractivity contribution is -0.144. The van der Waals surface area contributed by atoms with E-state index in [1.54, 1.807) is 42.5 Å². The molecule has 184 valence electrons. The lowest BCUT2D eigenvalue weighted by Gasteiger charge is -2.44. The van der Waals surface area contributed by atoms with Crippen LogP contribution < -0.4 is 10.1 Å². The number of rotatable bonds is 6. The fourth-order valence-electron chi connectivity index (χ4n) is 4.93. The van der Waals surface area contributed by atoms with Crippen LogP contribution in [0.5, 0.6) is 5.75 Å². The molecular formula is C26H30N4O5. The lowest BCUT2D eigenvalue weighted by Crippen LogP contribution is -2.59. The van der Waals surface area contributed by atoms with E-state index < -0.39 is 11.8 Å². The Labute approximate surface area is 204 Å². The Morgan fingerprint density at radius 3 is 2.63 bits per heavy atom. The van der Waals surface area contributed by atoms with Crippen molar-refractivity contribution < 1.29 is 23.9 Å². The highest BCUT2D eigenvalue weighted by atomic mass is 16.5. The lowest BCUT2D eigenvalue weighted by atomic mass is 9.96. The van der Waals surface area contributed by atoms with Gasteiger partial charge in [0.15, 0.2) is 0 Å². The minimum absolute atomic E-state index is 0.0976. The number of likely N-dealkylation sites (tertiary alicyclic amines) is 1. The van der Waals surface area contributed by atoms with Crippen molar-refractivity contribution in [2.24, 2.45) is 5.92 Å². The summed E-state index contributed by atoms with van der Waals surface area (Å²) in [6.45, 7) is 1.35. The zero-order chi connectivity index (χ0) is 24.4. The second-order valence-electron chi connectivity index (χ2n) is 9.32. The van der Waals surface area contributed by atoms with Crippen molar-refractivity contribution in [1.82, 2.24) is 20.1 Å². The molecule has 0 radical (unpaired) electrons. The molecule has 1 saturated carbocycles. The number of carbonyl (C=O) groups is 3. The molecule has 1 aliphatic carbocycles. The van der Waals surface area contributed by atoms with Crippen LogP contribution in [-0.2, 0) is 20.9 Å². The first-order valence-electron chi connectivity index (χ1n) is 12.1. The van der Waals surface area contributed by atoms with E-state index in [2.05, 4.69) is 10.3 Å². The zero-order valence-electron chi connectivity index (χ0n) is 19.8. The number of amides is 3. The first kappa shape index (κ1) is 23.3. The maximum absolute atomic E-state index is 13.8. The van der Waals surface area contributed by atoms with Crippen LogP contribution in [0.15, 0.2) is 48.7 Å². The van der Waals surface area contributed by atoms with Gasteiger partial charge in [-0.3, -0.25) is 24.3 Å². The Hall–Kier alpha value is -3.46. The summed E-state index contributed by atoms with van der Waals surface area (Å²) in [4.78, 5) is 47.4. The smallest absolute Gasteiger partial charge is 0.257 e. The van der Waals surface area contributed by atoms with E-state index in [0.717, 1.165) is 18.5 Å². The van der Waals surface area contributed by atoms with Crippen LogP contribution in [-0.4, -0.2) is 71.1 Å². The van der Waals surface area contributed by atoms with Gasteiger partial charge in [-0.2, -0.15) is 0 Å². The van der Waals surface area contributed by atoms with Gasteiger partial charge in [0, 0.05) is 43.6 Å². The summed E-state index contributed by atoms with van der Waals surface area (Å²) >= 11 is 0. The molecule has 0 unspecified atom stereocenters. The molecule has 3 heterocycles. The summed E-state index contributed by atoms with van der Waals surface area (Å²) in [5.41, 5.74) is 0.216. The number of methoxy groups -OCH3 is 1. The van der Waals surface area contributed by atoms with Crippen LogP contribution in [0.25, 0.3) is 0 Å². The molecule has 2 aliphatic heterocycles. The molecule has 1 atom stereocenters. The number of piperidine rings is 1. The third-order valence-corrected chi connectivity index (χ3v) is 7.05. The van der Waals surface area contributed by atoms with Crippen LogP contribution in [0.4, 0.5) is 0 Å². The van der Waals surface area contributed by atoms with E-state index in [9.17, 15) is 14.4 Å². The Balaban J connectivity index is 1.37. The second-order valence-corrected chi connectivity index (χ2v) is 9.32. The summed E-state index contributed by atoms with van der Waals surface area (Å²) in [5, 5.41) is 2.91. The quantitative estimate of drug-likeness (QED) is 0.681. The Bertz CT molecular complexity index is 1100. The van der Waals surface area contributed by atoms with Gasteiger partial charge in [0.2, 0.25) is 11.8 Å². The van der Waals surface area contributed by atoms with Gasteiger partial charge in [-0.05, 0) is 43.2 Å². The minimum Gasteiger partial charge on any atom is -0.497 e. The molecule has 1 N–H and O–H groups in total. The highest BCUT2D eigenvalue weighted by molar-refractivity contribution is 5.98. The van der Waals surface area contributed by atoms with Gasteiger partial charge in [0.25, 0.3) is 5.91 Å². The Morgan fingerprint density at radius 2 is 1.94 bits per heavy atom. The summed E-state index contributed by atoms with van der Waals surface area (Å²) < 4.78 is 11.5. The molecule has 1 aromatic carbocycles. The van der Waals surface area contributed by atoms with Crippen LogP contribution in [0.2, 0.25) is 0 Å². The molecule has 2 saturated heterocycles. The van der Waals surface area contributed by atoms with E-state index in [4.69, 9.17) is 9.47 Å². The number of carbonyl (C=O) groups excluding carboxylic acids is 3. The number of nitrogens with one attached hydrogen (secondary N) is 1. The standard InChI is InChI=1S/C26H30N4O5/c1-34-21-7-4-5-19(15-21)25(33)30-22(23(31)28-16-20-6-2-3-12-27-20)17-35-26(30)10-13-29(14-11-26)24(32)18-8-9-18/h2-7,12,15,18,22H,8-11,13-14,16-17H2,1H3,(H,28,31)/t22-/m0/s1. The highest BCUT2D eigenvalue weighted by Crippen LogP contribution is 2.40. The summed E-state index contributed by atoms with van der Waals surface area (Å²) in [7, 11) is 1.55. The second kappa shape index (κ2) is 9.65. The van der Waals surface area contributed by atoms with Crippen molar-refractivity contribution in [3.05, 3.63) is 59.9 Å². The maximum Gasteiger partial charge on any atom is 0.257 e. The van der Waals surface area contributed by atoms with Crippen LogP contribution in [0.3, 0.4) is 0 Å². The van der Waals surface area contributed by atoms with Crippen LogP contribution >= 0.6 is 0 Å². The molecule has 3 fully saturated rings. The first-order valence-corrected chi connectivity index (χ1v) is 12.1. The van der Waals surface area contributed by atoms with Crippen molar-refractivity contribution in [2.45, 2.75) is 44.0 Å². The monoisotopic (exact) mass is 478 g/mol. The van der Waals surface area contributed by atoms with E-state index in [1.807, 2.05) is 23.1 Å². The molecule has 3 aliphatic rings. The van der Waals surface area contributed by atoms with Gasteiger partial charge in [-0.25, -0.2) is 0 Å². The van der Waals surface area contributed by atoms with Crippen molar-refractivity contribution in [3.63, 3.8) is 0 Å². The average Bonchev–Trinajstić information content (AvgIpc) is 3.70. The molecule has 2 aromatic rings. The van der Waals surface area contributed by atoms with Gasteiger partial charge in [-0.15, -0.1) is 0 Å². The minimum atomic E-state index is -0.937. The van der Waals surface area contributed by atoms with Crippen LogP contribution in [0.1, 0.15) is 41.7 Å². The first-order chi connectivity index (χ1) is 17.0. The Morgan fingerprint density at radius 1 is 1.14 bits per heavy atom. The molecule has 35 heavy (non-hydrogen) atoms. The molecule has 9 heteroatoms. The molecule has 0 bridgehead atoms. The van der Waals surface area contributed by atoms with E-state index in [0.29, 0.717) is 37.2 Å². The van der Waals surface area contributed by atoms with E-state index >= 15 is 0 Å². The van der Waals surface area contributed by atoms with Gasteiger partial charge in [0.05, 0.1) is 26.0 Å². The van der Waals surface area contributed by atoms with E-state index in [1.165, 1.54) is 0 Å². The summed E-state index contributed by atoms with van der Waals surface area (Å²) in [6.07, 6.45) is 4.51. The number of nitrogens with zero attached hydrogens (tertiary/aromatic N) is 3. The number of hydrogen-bond acceptors (Lipinski definition) is 6. The van der Waals surface area contributed by atoms with Crippen molar-refractivity contribution >= 4 is 17.7 Å². The third-order valence-electron chi connectivity index (χ3n) is 7.05. The predicted octanol–water partition coefficient (Wildman–Crippen LogP) is 1.98. The number of aromatic nitrogens is 1. The fourth-order valence-corrected chi connectivity index (χ4v) is 4.93. The number of hydrogen-bond donors (Lipinski definition) is 1. The van der Waals surface area contributed by atoms with Crippen molar-refractivity contribution in [1.29, 1.82) is 0 Å². The largest absolute Gasteiger partial charge is 0.497 e. The third kappa shape index (κ3) is 4.73. The van der Waals surface area contributed by atoms with Crippen molar-refractivity contribution in [3.8, 4) is 5.75 Å². The highest BCUT2D eigenvalue weighted by Gasteiger charge is 2.54. The normalized spacial score (nSPS) is 21.1. The summed E-state index contributed by atoms with van der Waals surface area (Å²) in [5.74, 6) is 0.314. The van der Waals surface area contributed by atoms with E-state index in [-0.39, 0.29) is 36.8 Å². The molecular weight excluding hydrogens is 448 g/mol. The topological polar surface area (TPSA) is 101 Å². The predicted molar refractivity (Wildman–Crippen MR) is 126 cm³/mol. The molecule has 1 spiro atoms.